The fourth-order valence-electron chi connectivity index (χ4n) is 3.34. The predicted molar refractivity (Wildman–Crippen MR) is 111 cm³/mol. The van der Waals surface area contributed by atoms with Gasteiger partial charge < -0.3 is 9.30 Å². The first-order valence-electron chi connectivity index (χ1n) is 9.27. The summed E-state index contributed by atoms with van der Waals surface area (Å²) in [6.07, 6.45) is 3.37. The molecule has 0 N–H and O–H groups in total. The summed E-state index contributed by atoms with van der Waals surface area (Å²) < 4.78 is 8.05. The molecular formula is C23H21N3O3. The molecule has 0 atom stereocenters. The van der Waals surface area contributed by atoms with Gasteiger partial charge in [-0.3, -0.25) is 4.79 Å². The van der Waals surface area contributed by atoms with Crippen molar-refractivity contribution in [1.82, 2.24) is 14.3 Å². The molecule has 0 spiro atoms. The van der Waals surface area contributed by atoms with Crippen LogP contribution in [0.5, 0.6) is 0 Å². The van der Waals surface area contributed by atoms with Crippen molar-refractivity contribution in [2.45, 2.75) is 20.8 Å². The summed E-state index contributed by atoms with van der Waals surface area (Å²) in [6, 6.07) is 13.5. The van der Waals surface area contributed by atoms with E-state index in [1.165, 1.54) is 17.4 Å². The van der Waals surface area contributed by atoms with E-state index in [1.807, 2.05) is 63.2 Å². The Kier molecular flexibility index (Phi) is 4.54. The number of esters is 1. The molecule has 6 nitrogen and oxygen atoms in total. The summed E-state index contributed by atoms with van der Waals surface area (Å²) in [7, 11) is 1.32. The SMILES string of the molecule is COC(=O)c1cn(-c2ccc(C)c(C)c2)cc2c(=O)n(-c3cccc(C)c3)nc1-2. The number of nitrogens with zero attached hydrogens (tertiary/aromatic N) is 3. The third-order valence-corrected chi connectivity index (χ3v) is 5.11. The van der Waals surface area contributed by atoms with Crippen molar-refractivity contribution in [3.05, 3.63) is 87.5 Å². The van der Waals surface area contributed by atoms with Crippen molar-refractivity contribution in [2.75, 3.05) is 7.11 Å². The Balaban J connectivity index is 2.00. The first-order valence-corrected chi connectivity index (χ1v) is 9.27. The van der Waals surface area contributed by atoms with Gasteiger partial charge in [0.1, 0.15) is 11.3 Å². The van der Waals surface area contributed by atoms with Gasteiger partial charge in [0.25, 0.3) is 5.56 Å². The molecule has 6 heteroatoms. The fraction of sp³-hybridized carbons (Fsp3) is 0.174. The van der Waals surface area contributed by atoms with E-state index in [9.17, 15) is 9.59 Å². The van der Waals surface area contributed by atoms with Crippen LogP contribution in [0, 0.1) is 20.8 Å². The van der Waals surface area contributed by atoms with Gasteiger partial charge >= 0.3 is 5.97 Å². The van der Waals surface area contributed by atoms with Gasteiger partial charge in [-0.05, 0) is 61.7 Å². The van der Waals surface area contributed by atoms with Crippen LogP contribution in [0.2, 0.25) is 0 Å². The van der Waals surface area contributed by atoms with Crippen LogP contribution in [0.25, 0.3) is 22.6 Å². The molecule has 0 saturated heterocycles. The lowest BCUT2D eigenvalue weighted by Crippen LogP contribution is -2.15. The topological polar surface area (TPSA) is 66.1 Å². The summed E-state index contributed by atoms with van der Waals surface area (Å²) in [5.74, 6) is -0.540. The average Bonchev–Trinajstić information content (AvgIpc) is 3.05. The lowest BCUT2D eigenvalue weighted by atomic mass is 10.1. The van der Waals surface area contributed by atoms with Gasteiger partial charge in [-0.25, -0.2) is 4.79 Å². The summed E-state index contributed by atoms with van der Waals surface area (Å²) in [4.78, 5) is 25.6. The van der Waals surface area contributed by atoms with Gasteiger partial charge in [-0.2, -0.15) is 9.78 Å². The zero-order valence-corrected chi connectivity index (χ0v) is 16.8. The Morgan fingerprint density at radius 3 is 2.45 bits per heavy atom. The monoisotopic (exact) mass is 387 g/mol. The minimum atomic E-state index is -0.540. The number of aromatic nitrogens is 3. The van der Waals surface area contributed by atoms with Gasteiger partial charge in [0.2, 0.25) is 0 Å². The second-order valence-electron chi connectivity index (χ2n) is 7.16. The number of carbonyl (C=O) groups excluding carboxylic acids is 1. The van der Waals surface area contributed by atoms with Gasteiger partial charge in [0.15, 0.2) is 0 Å². The van der Waals surface area contributed by atoms with Crippen molar-refractivity contribution in [3.63, 3.8) is 0 Å². The minimum Gasteiger partial charge on any atom is -0.465 e. The number of pyridine rings is 1. The molecule has 2 aromatic carbocycles. The number of hydrogen-bond acceptors (Lipinski definition) is 4. The molecule has 0 radical (unpaired) electrons. The van der Waals surface area contributed by atoms with E-state index < -0.39 is 5.97 Å². The van der Waals surface area contributed by atoms with Crippen molar-refractivity contribution in [3.8, 4) is 22.6 Å². The zero-order chi connectivity index (χ0) is 20.7. The molecule has 0 unspecified atom stereocenters. The molecule has 4 rings (SSSR count). The molecule has 0 saturated carbocycles. The zero-order valence-electron chi connectivity index (χ0n) is 16.8. The van der Waals surface area contributed by atoms with Crippen LogP contribution < -0.4 is 5.56 Å². The van der Waals surface area contributed by atoms with Gasteiger partial charge in [-0.1, -0.05) is 18.2 Å². The molecule has 0 aliphatic carbocycles. The predicted octanol–water partition coefficient (Wildman–Crippen LogP) is 3.84. The second-order valence-corrected chi connectivity index (χ2v) is 7.16. The van der Waals surface area contributed by atoms with Crippen molar-refractivity contribution < 1.29 is 9.53 Å². The van der Waals surface area contributed by atoms with Crippen LogP contribution in [0.1, 0.15) is 27.0 Å². The molecule has 0 aromatic heterocycles. The summed E-state index contributed by atoms with van der Waals surface area (Å²) >= 11 is 0. The molecule has 0 fully saturated rings. The molecule has 146 valence electrons. The molecule has 2 aliphatic rings. The first kappa shape index (κ1) is 18.7. The maximum atomic E-state index is 13.1. The maximum Gasteiger partial charge on any atom is 0.341 e. The van der Waals surface area contributed by atoms with Crippen LogP contribution >= 0.6 is 0 Å². The minimum absolute atomic E-state index is 0.242. The number of rotatable bonds is 3. The quantitative estimate of drug-likeness (QED) is 0.501. The number of benzene rings is 2. The highest BCUT2D eigenvalue weighted by Gasteiger charge is 2.25. The van der Waals surface area contributed by atoms with E-state index in [-0.39, 0.29) is 11.1 Å². The second kappa shape index (κ2) is 7.05. The summed E-state index contributed by atoms with van der Waals surface area (Å²) in [6.45, 7) is 6.01. The summed E-state index contributed by atoms with van der Waals surface area (Å²) in [5.41, 5.74) is 5.44. The highest BCUT2D eigenvalue weighted by atomic mass is 16.5. The maximum absolute atomic E-state index is 13.1. The van der Waals surface area contributed by atoms with Gasteiger partial charge in [-0.15, -0.1) is 0 Å². The molecule has 2 aromatic rings. The Morgan fingerprint density at radius 2 is 1.76 bits per heavy atom. The number of methoxy groups -OCH3 is 1. The standard InChI is InChI=1S/C23H21N3O3/c1-14-6-5-7-18(10-14)26-22(27)19-12-25(17-9-8-15(2)16(3)11-17)13-20(21(19)24-26)23(28)29-4/h5-13H,1-4H3. The van der Waals surface area contributed by atoms with Crippen molar-refractivity contribution in [1.29, 1.82) is 0 Å². The largest absolute Gasteiger partial charge is 0.465 e. The van der Waals surface area contributed by atoms with E-state index in [4.69, 9.17) is 4.74 Å². The van der Waals surface area contributed by atoms with Crippen molar-refractivity contribution in [2.24, 2.45) is 0 Å². The first-order chi connectivity index (χ1) is 13.9. The van der Waals surface area contributed by atoms with Crippen LogP contribution in [0.15, 0.2) is 59.7 Å². The number of fused-ring (bicyclic) bond motifs is 1. The third-order valence-electron chi connectivity index (χ3n) is 5.11. The molecular weight excluding hydrogens is 366 g/mol. The highest BCUT2D eigenvalue weighted by Crippen LogP contribution is 2.25. The molecule has 2 aliphatic heterocycles. The smallest absolute Gasteiger partial charge is 0.341 e. The van der Waals surface area contributed by atoms with E-state index >= 15 is 0 Å². The number of aryl methyl sites for hydroxylation is 3. The average molecular weight is 387 g/mol. The highest BCUT2D eigenvalue weighted by molar-refractivity contribution is 5.96. The molecule has 0 bridgehead atoms. The summed E-state index contributed by atoms with van der Waals surface area (Å²) in [5, 5.41) is 4.45. The Labute approximate surface area is 168 Å². The van der Waals surface area contributed by atoms with Gasteiger partial charge in [0, 0.05) is 18.1 Å². The van der Waals surface area contributed by atoms with Crippen LogP contribution in [-0.4, -0.2) is 27.4 Å². The molecule has 0 amide bonds. The molecule has 29 heavy (non-hydrogen) atoms. The lowest BCUT2D eigenvalue weighted by Gasteiger charge is -2.13. The normalized spacial score (nSPS) is 11.0. The van der Waals surface area contributed by atoms with Gasteiger partial charge in [0.05, 0.1) is 18.4 Å². The lowest BCUT2D eigenvalue weighted by molar-refractivity contribution is 0.0600. The van der Waals surface area contributed by atoms with Crippen LogP contribution in [0.4, 0.5) is 0 Å². The number of carbonyl (C=O) groups is 1. The van der Waals surface area contributed by atoms with E-state index in [0.717, 1.165) is 16.8 Å². The number of ether oxygens (including phenoxy) is 1. The Morgan fingerprint density at radius 1 is 0.966 bits per heavy atom. The van der Waals surface area contributed by atoms with E-state index in [2.05, 4.69) is 5.10 Å². The van der Waals surface area contributed by atoms with Crippen LogP contribution in [0.3, 0.4) is 0 Å². The Hall–Kier alpha value is -3.67. The van der Waals surface area contributed by atoms with E-state index in [0.29, 0.717) is 16.9 Å². The Bertz CT molecular complexity index is 1270. The van der Waals surface area contributed by atoms with E-state index in [1.54, 1.807) is 17.0 Å². The number of hydrogen-bond donors (Lipinski definition) is 0. The fourth-order valence-corrected chi connectivity index (χ4v) is 3.34. The molecule has 2 heterocycles. The van der Waals surface area contributed by atoms with Crippen molar-refractivity contribution >= 4 is 5.97 Å². The third kappa shape index (κ3) is 3.23. The van der Waals surface area contributed by atoms with Crippen LogP contribution in [-0.2, 0) is 4.74 Å².